The van der Waals surface area contributed by atoms with Crippen molar-refractivity contribution in [3.63, 3.8) is 0 Å². The van der Waals surface area contributed by atoms with E-state index in [0.717, 1.165) is 23.1 Å². The SMILES string of the molecule is CC.Cc1cc([N+](=O)[O-])ccc1-c1cccc(C(=O)N2CCC(N)C2)c1. The van der Waals surface area contributed by atoms with Gasteiger partial charge in [-0.05, 0) is 48.2 Å². The molecule has 2 N–H and O–H groups in total. The number of carbonyl (C=O) groups is 1. The van der Waals surface area contributed by atoms with E-state index in [1.165, 1.54) is 6.07 Å². The fourth-order valence-corrected chi connectivity index (χ4v) is 3.06. The maximum absolute atomic E-state index is 12.6. The summed E-state index contributed by atoms with van der Waals surface area (Å²) in [5.41, 5.74) is 9.10. The van der Waals surface area contributed by atoms with E-state index in [1.54, 1.807) is 23.1 Å². The molecule has 3 rings (SSSR count). The van der Waals surface area contributed by atoms with E-state index in [4.69, 9.17) is 5.73 Å². The van der Waals surface area contributed by atoms with Crippen molar-refractivity contribution in [3.05, 3.63) is 63.7 Å². The Hall–Kier alpha value is -2.73. The highest BCUT2D eigenvalue weighted by Crippen LogP contribution is 2.28. The highest BCUT2D eigenvalue weighted by atomic mass is 16.6. The molecular weight excluding hydrogens is 330 g/mol. The van der Waals surface area contributed by atoms with E-state index in [-0.39, 0.29) is 17.6 Å². The van der Waals surface area contributed by atoms with Crippen LogP contribution in [0.5, 0.6) is 0 Å². The topological polar surface area (TPSA) is 89.5 Å². The summed E-state index contributed by atoms with van der Waals surface area (Å²) in [5, 5.41) is 10.9. The first kappa shape index (κ1) is 19.6. The molecule has 0 saturated carbocycles. The normalized spacial score (nSPS) is 16.0. The van der Waals surface area contributed by atoms with Crippen LogP contribution in [0, 0.1) is 17.0 Å². The molecule has 6 heteroatoms. The summed E-state index contributed by atoms with van der Waals surface area (Å²) in [6.45, 7) is 7.09. The molecule has 0 spiro atoms. The number of benzene rings is 2. The van der Waals surface area contributed by atoms with E-state index in [0.29, 0.717) is 18.7 Å². The molecular formula is C20H25N3O3. The second kappa shape index (κ2) is 8.58. The van der Waals surface area contributed by atoms with Crippen molar-refractivity contribution >= 4 is 11.6 Å². The van der Waals surface area contributed by atoms with E-state index < -0.39 is 4.92 Å². The number of nitrogens with two attached hydrogens (primary N) is 1. The maximum Gasteiger partial charge on any atom is 0.269 e. The molecule has 1 aliphatic heterocycles. The average Bonchev–Trinajstić information content (AvgIpc) is 3.09. The molecule has 1 heterocycles. The molecule has 1 fully saturated rings. The first-order valence-electron chi connectivity index (χ1n) is 8.86. The molecule has 26 heavy (non-hydrogen) atoms. The van der Waals surface area contributed by atoms with Crippen LogP contribution in [0.15, 0.2) is 42.5 Å². The molecule has 1 amide bonds. The molecule has 1 unspecified atom stereocenters. The van der Waals surface area contributed by atoms with Crippen molar-refractivity contribution in [2.24, 2.45) is 5.73 Å². The molecule has 1 aliphatic rings. The van der Waals surface area contributed by atoms with Gasteiger partial charge in [-0.15, -0.1) is 0 Å². The van der Waals surface area contributed by atoms with Crippen molar-refractivity contribution in [2.45, 2.75) is 33.2 Å². The van der Waals surface area contributed by atoms with E-state index >= 15 is 0 Å². The smallest absolute Gasteiger partial charge is 0.269 e. The molecule has 2 aromatic rings. The van der Waals surface area contributed by atoms with Crippen LogP contribution in [0.25, 0.3) is 11.1 Å². The number of hydrogen-bond donors (Lipinski definition) is 1. The molecule has 138 valence electrons. The number of nitrogens with zero attached hydrogens (tertiary/aromatic N) is 2. The number of amides is 1. The number of nitro groups is 1. The third kappa shape index (κ3) is 4.26. The minimum absolute atomic E-state index is 0.0237. The summed E-state index contributed by atoms with van der Waals surface area (Å²) >= 11 is 0. The highest BCUT2D eigenvalue weighted by molar-refractivity contribution is 5.95. The number of likely N-dealkylation sites (tertiary alicyclic amines) is 1. The van der Waals surface area contributed by atoms with Crippen LogP contribution < -0.4 is 5.73 Å². The third-order valence-electron chi connectivity index (χ3n) is 4.35. The zero-order valence-electron chi connectivity index (χ0n) is 15.4. The summed E-state index contributed by atoms with van der Waals surface area (Å²) in [4.78, 5) is 24.8. The summed E-state index contributed by atoms with van der Waals surface area (Å²) in [6, 6.07) is 12.2. The van der Waals surface area contributed by atoms with Crippen LogP contribution >= 0.6 is 0 Å². The number of nitro benzene ring substituents is 1. The van der Waals surface area contributed by atoms with Gasteiger partial charge in [0.1, 0.15) is 0 Å². The lowest BCUT2D eigenvalue weighted by Gasteiger charge is -2.16. The summed E-state index contributed by atoms with van der Waals surface area (Å²) < 4.78 is 0. The van der Waals surface area contributed by atoms with Crippen LogP contribution in [0.4, 0.5) is 5.69 Å². The van der Waals surface area contributed by atoms with E-state index in [1.807, 2.05) is 39.0 Å². The Morgan fingerprint density at radius 1 is 1.23 bits per heavy atom. The zero-order chi connectivity index (χ0) is 19.3. The fourth-order valence-electron chi connectivity index (χ4n) is 3.06. The Morgan fingerprint density at radius 2 is 1.96 bits per heavy atom. The Bertz CT molecular complexity index is 805. The maximum atomic E-state index is 12.6. The van der Waals surface area contributed by atoms with Crippen LogP contribution in [-0.2, 0) is 0 Å². The molecule has 6 nitrogen and oxygen atoms in total. The van der Waals surface area contributed by atoms with Gasteiger partial charge in [0, 0.05) is 36.8 Å². The Kier molecular flexibility index (Phi) is 6.46. The van der Waals surface area contributed by atoms with Crippen molar-refractivity contribution in [3.8, 4) is 11.1 Å². The lowest BCUT2D eigenvalue weighted by atomic mass is 9.98. The Morgan fingerprint density at radius 3 is 2.54 bits per heavy atom. The summed E-state index contributed by atoms with van der Waals surface area (Å²) in [5.74, 6) is -0.0237. The standard InChI is InChI=1S/C18H19N3O3.C2H6/c1-12-9-16(21(23)24)5-6-17(12)13-3-2-4-14(10-13)18(22)20-8-7-15(19)11-20;1-2/h2-6,9-10,15H,7-8,11,19H2,1H3;1-2H3. The van der Waals surface area contributed by atoms with Gasteiger partial charge in [-0.3, -0.25) is 14.9 Å². The van der Waals surface area contributed by atoms with Crippen molar-refractivity contribution < 1.29 is 9.72 Å². The zero-order valence-corrected chi connectivity index (χ0v) is 15.4. The molecule has 0 radical (unpaired) electrons. The van der Waals surface area contributed by atoms with Gasteiger partial charge < -0.3 is 10.6 Å². The molecule has 1 atom stereocenters. The van der Waals surface area contributed by atoms with Gasteiger partial charge in [-0.25, -0.2) is 0 Å². The first-order valence-corrected chi connectivity index (χ1v) is 8.86. The lowest BCUT2D eigenvalue weighted by Crippen LogP contribution is -2.31. The van der Waals surface area contributed by atoms with Crippen molar-refractivity contribution in [1.82, 2.24) is 4.90 Å². The first-order chi connectivity index (χ1) is 12.5. The van der Waals surface area contributed by atoms with Crippen LogP contribution in [0.2, 0.25) is 0 Å². The summed E-state index contributed by atoms with van der Waals surface area (Å²) in [6.07, 6.45) is 0.826. The van der Waals surface area contributed by atoms with E-state index in [9.17, 15) is 14.9 Å². The summed E-state index contributed by atoms with van der Waals surface area (Å²) in [7, 11) is 0. The predicted molar refractivity (Wildman–Crippen MR) is 103 cm³/mol. The van der Waals surface area contributed by atoms with Gasteiger partial charge in [0.15, 0.2) is 0 Å². The van der Waals surface area contributed by atoms with Crippen molar-refractivity contribution in [1.29, 1.82) is 0 Å². The van der Waals surface area contributed by atoms with Gasteiger partial charge in [0.25, 0.3) is 11.6 Å². The quantitative estimate of drug-likeness (QED) is 0.670. The Labute approximate surface area is 153 Å². The van der Waals surface area contributed by atoms with Crippen molar-refractivity contribution in [2.75, 3.05) is 13.1 Å². The molecule has 0 aromatic heterocycles. The van der Waals surface area contributed by atoms with E-state index in [2.05, 4.69) is 0 Å². The highest BCUT2D eigenvalue weighted by Gasteiger charge is 2.24. The van der Waals surface area contributed by atoms with Gasteiger partial charge in [-0.2, -0.15) is 0 Å². The van der Waals surface area contributed by atoms with Gasteiger partial charge >= 0.3 is 0 Å². The fraction of sp³-hybridized carbons (Fsp3) is 0.350. The molecule has 0 aliphatic carbocycles. The van der Waals surface area contributed by atoms with Crippen LogP contribution in [0.3, 0.4) is 0 Å². The minimum Gasteiger partial charge on any atom is -0.337 e. The number of aryl methyl sites for hydroxylation is 1. The second-order valence-electron chi connectivity index (χ2n) is 6.14. The average molecular weight is 355 g/mol. The number of hydrogen-bond acceptors (Lipinski definition) is 4. The number of rotatable bonds is 3. The van der Waals surface area contributed by atoms with Gasteiger partial charge in [0.2, 0.25) is 0 Å². The Balaban J connectivity index is 0.00000117. The molecule has 0 bridgehead atoms. The molecule has 2 aromatic carbocycles. The predicted octanol–water partition coefficient (Wildman–Crippen LogP) is 3.77. The largest absolute Gasteiger partial charge is 0.337 e. The third-order valence-corrected chi connectivity index (χ3v) is 4.35. The van der Waals surface area contributed by atoms with Gasteiger partial charge in [0.05, 0.1) is 4.92 Å². The number of carbonyl (C=O) groups excluding carboxylic acids is 1. The lowest BCUT2D eigenvalue weighted by molar-refractivity contribution is -0.384. The molecule has 1 saturated heterocycles. The number of non-ortho nitro benzene ring substituents is 1. The van der Waals surface area contributed by atoms with Crippen LogP contribution in [0.1, 0.15) is 36.2 Å². The van der Waals surface area contributed by atoms with Gasteiger partial charge in [-0.1, -0.05) is 26.0 Å². The second-order valence-corrected chi connectivity index (χ2v) is 6.14. The minimum atomic E-state index is -0.409. The monoisotopic (exact) mass is 355 g/mol. The van der Waals surface area contributed by atoms with Crippen LogP contribution in [-0.4, -0.2) is 34.9 Å².